The summed E-state index contributed by atoms with van der Waals surface area (Å²) in [6.45, 7) is 0. The molecular weight excluding hydrogens is 208 g/mol. The largest absolute Gasteiger partial charge is 0.325 e. The first-order chi connectivity index (χ1) is 7.61. The van der Waals surface area contributed by atoms with Crippen molar-refractivity contribution in [3.05, 3.63) is 35.4 Å². The van der Waals surface area contributed by atoms with Crippen molar-refractivity contribution in [1.29, 1.82) is 0 Å². The van der Waals surface area contributed by atoms with E-state index in [1.54, 1.807) is 12.1 Å². The number of nitrogens with two attached hydrogens (primary N) is 1. The van der Waals surface area contributed by atoms with Gasteiger partial charge in [-0.15, -0.1) is 0 Å². The summed E-state index contributed by atoms with van der Waals surface area (Å²) in [5.41, 5.74) is 6.29. The van der Waals surface area contributed by atoms with E-state index < -0.39 is 11.6 Å². The van der Waals surface area contributed by atoms with E-state index in [-0.39, 0.29) is 5.54 Å². The van der Waals surface area contributed by atoms with E-state index in [1.165, 1.54) is 6.42 Å². The van der Waals surface area contributed by atoms with Crippen LogP contribution in [0.4, 0.5) is 8.78 Å². The van der Waals surface area contributed by atoms with Crippen LogP contribution in [0.5, 0.6) is 0 Å². The van der Waals surface area contributed by atoms with Crippen LogP contribution >= 0.6 is 0 Å². The molecule has 0 aliphatic heterocycles. The molecule has 0 spiro atoms. The lowest BCUT2D eigenvalue weighted by molar-refractivity contribution is 0.290. The van der Waals surface area contributed by atoms with Gasteiger partial charge in [0.15, 0.2) is 11.6 Å². The van der Waals surface area contributed by atoms with Gasteiger partial charge < -0.3 is 5.73 Å². The predicted octanol–water partition coefficient (Wildman–Crippen LogP) is 3.17. The molecule has 1 aliphatic carbocycles. The van der Waals surface area contributed by atoms with E-state index in [2.05, 4.69) is 0 Å². The first kappa shape index (κ1) is 11.5. The summed E-state index contributed by atoms with van der Waals surface area (Å²) in [7, 11) is 0. The third-order valence-corrected chi connectivity index (χ3v) is 3.42. The summed E-state index contributed by atoms with van der Waals surface area (Å²) >= 11 is 0. The van der Waals surface area contributed by atoms with E-state index in [4.69, 9.17) is 5.73 Å². The summed E-state index contributed by atoms with van der Waals surface area (Å²) in [5, 5.41) is 0. The SMILES string of the molecule is NC1(Cc2cccc(F)c2F)CCCCC1. The van der Waals surface area contributed by atoms with Crippen molar-refractivity contribution < 1.29 is 8.78 Å². The van der Waals surface area contributed by atoms with Crippen LogP contribution in [0.3, 0.4) is 0 Å². The van der Waals surface area contributed by atoms with Crippen molar-refractivity contribution in [3.63, 3.8) is 0 Å². The third-order valence-electron chi connectivity index (χ3n) is 3.42. The number of halogens is 2. The average Bonchev–Trinajstić information content (AvgIpc) is 2.26. The molecule has 0 amide bonds. The fourth-order valence-corrected chi connectivity index (χ4v) is 2.50. The molecule has 3 heteroatoms. The minimum atomic E-state index is -0.781. The normalized spacial score (nSPS) is 19.7. The van der Waals surface area contributed by atoms with Gasteiger partial charge in [0.05, 0.1) is 0 Å². The van der Waals surface area contributed by atoms with Crippen molar-refractivity contribution in [2.45, 2.75) is 44.1 Å². The predicted molar refractivity (Wildman–Crippen MR) is 60.1 cm³/mol. The molecule has 0 bridgehead atoms. The second kappa shape index (κ2) is 4.50. The highest BCUT2D eigenvalue weighted by Gasteiger charge is 2.28. The van der Waals surface area contributed by atoms with Gasteiger partial charge in [0.25, 0.3) is 0 Å². The molecule has 2 N–H and O–H groups in total. The van der Waals surface area contributed by atoms with Gasteiger partial charge in [-0.2, -0.15) is 0 Å². The van der Waals surface area contributed by atoms with E-state index in [0.717, 1.165) is 31.7 Å². The number of hydrogen-bond donors (Lipinski definition) is 1. The lowest BCUT2D eigenvalue weighted by Crippen LogP contribution is -2.44. The lowest BCUT2D eigenvalue weighted by atomic mass is 9.78. The zero-order valence-corrected chi connectivity index (χ0v) is 9.31. The molecule has 0 saturated heterocycles. The number of rotatable bonds is 2. The molecule has 1 fully saturated rings. The quantitative estimate of drug-likeness (QED) is 0.822. The summed E-state index contributed by atoms with van der Waals surface area (Å²) in [6, 6.07) is 4.31. The fourth-order valence-electron chi connectivity index (χ4n) is 2.50. The van der Waals surface area contributed by atoms with Crippen molar-refractivity contribution >= 4 is 0 Å². The molecule has 1 aromatic carbocycles. The van der Waals surface area contributed by atoms with Crippen molar-refractivity contribution in [1.82, 2.24) is 0 Å². The van der Waals surface area contributed by atoms with Crippen LogP contribution in [0.1, 0.15) is 37.7 Å². The molecule has 1 aliphatic rings. The van der Waals surface area contributed by atoms with E-state index in [0.29, 0.717) is 12.0 Å². The van der Waals surface area contributed by atoms with Crippen LogP contribution in [-0.2, 0) is 6.42 Å². The molecule has 1 saturated carbocycles. The highest BCUT2D eigenvalue weighted by atomic mass is 19.2. The second-order valence-electron chi connectivity index (χ2n) is 4.81. The Hall–Kier alpha value is -0.960. The maximum absolute atomic E-state index is 13.5. The van der Waals surface area contributed by atoms with Gasteiger partial charge >= 0.3 is 0 Å². The maximum atomic E-state index is 13.5. The topological polar surface area (TPSA) is 26.0 Å². The number of benzene rings is 1. The molecule has 16 heavy (non-hydrogen) atoms. The van der Waals surface area contributed by atoms with E-state index in [9.17, 15) is 8.78 Å². The molecule has 2 rings (SSSR count). The second-order valence-corrected chi connectivity index (χ2v) is 4.81. The molecule has 0 heterocycles. The smallest absolute Gasteiger partial charge is 0.162 e. The molecule has 0 aromatic heterocycles. The Morgan fingerprint density at radius 1 is 1.12 bits per heavy atom. The Bertz CT molecular complexity index is 370. The van der Waals surface area contributed by atoms with Gasteiger partial charge in [-0.1, -0.05) is 31.4 Å². The molecule has 1 aromatic rings. The molecule has 0 atom stereocenters. The fraction of sp³-hybridized carbons (Fsp3) is 0.538. The minimum Gasteiger partial charge on any atom is -0.325 e. The molecule has 0 unspecified atom stereocenters. The van der Waals surface area contributed by atoms with Gasteiger partial charge in [-0.3, -0.25) is 0 Å². The van der Waals surface area contributed by atoms with E-state index in [1.807, 2.05) is 0 Å². The standard InChI is InChI=1S/C13H17F2N/c14-11-6-4-5-10(12(11)15)9-13(16)7-2-1-3-8-13/h4-6H,1-3,7-9,16H2. The maximum Gasteiger partial charge on any atom is 0.162 e. The first-order valence-corrected chi connectivity index (χ1v) is 5.82. The third kappa shape index (κ3) is 2.40. The lowest BCUT2D eigenvalue weighted by Gasteiger charge is -2.33. The van der Waals surface area contributed by atoms with E-state index >= 15 is 0 Å². The summed E-state index contributed by atoms with van der Waals surface area (Å²) in [6.07, 6.45) is 5.63. The highest BCUT2D eigenvalue weighted by molar-refractivity contribution is 5.21. The average molecular weight is 225 g/mol. The Morgan fingerprint density at radius 2 is 1.81 bits per heavy atom. The van der Waals surface area contributed by atoms with Crippen molar-refractivity contribution in [3.8, 4) is 0 Å². The van der Waals surface area contributed by atoms with Crippen LogP contribution in [0.2, 0.25) is 0 Å². The minimum absolute atomic E-state index is 0.340. The van der Waals surface area contributed by atoms with Gasteiger partial charge in [0.2, 0.25) is 0 Å². The van der Waals surface area contributed by atoms with Crippen LogP contribution < -0.4 is 5.73 Å². The van der Waals surface area contributed by atoms with Crippen molar-refractivity contribution in [2.24, 2.45) is 5.73 Å². The van der Waals surface area contributed by atoms with Crippen LogP contribution in [0.15, 0.2) is 18.2 Å². The zero-order chi connectivity index (χ0) is 11.6. The van der Waals surface area contributed by atoms with Gasteiger partial charge in [-0.25, -0.2) is 8.78 Å². The summed E-state index contributed by atoms with van der Waals surface area (Å²) in [5.74, 6) is -1.52. The van der Waals surface area contributed by atoms with Crippen LogP contribution in [0, 0.1) is 11.6 Å². The Balaban J connectivity index is 2.16. The Labute approximate surface area is 94.7 Å². The molecule has 88 valence electrons. The molecular formula is C13H17F2N. The molecule has 1 nitrogen and oxygen atoms in total. The van der Waals surface area contributed by atoms with Gasteiger partial charge in [0.1, 0.15) is 0 Å². The van der Waals surface area contributed by atoms with Gasteiger partial charge in [0, 0.05) is 5.54 Å². The van der Waals surface area contributed by atoms with Gasteiger partial charge in [-0.05, 0) is 30.9 Å². The van der Waals surface area contributed by atoms with Crippen LogP contribution in [-0.4, -0.2) is 5.54 Å². The van der Waals surface area contributed by atoms with Crippen LogP contribution in [0.25, 0.3) is 0 Å². The summed E-state index contributed by atoms with van der Waals surface area (Å²) < 4.78 is 26.5. The van der Waals surface area contributed by atoms with Crippen molar-refractivity contribution in [2.75, 3.05) is 0 Å². The molecule has 0 radical (unpaired) electrons. The number of hydrogen-bond acceptors (Lipinski definition) is 1. The Kier molecular flexibility index (Phi) is 3.24. The zero-order valence-electron chi connectivity index (χ0n) is 9.31. The highest BCUT2D eigenvalue weighted by Crippen LogP contribution is 2.30. The Morgan fingerprint density at radius 3 is 2.50 bits per heavy atom. The monoisotopic (exact) mass is 225 g/mol. The first-order valence-electron chi connectivity index (χ1n) is 5.82. The summed E-state index contributed by atoms with van der Waals surface area (Å²) in [4.78, 5) is 0.